The zero-order chi connectivity index (χ0) is 14.8. The number of nitrogens with zero attached hydrogens (tertiary/aromatic N) is 2. The minimum atomic E-state index is -3.90. The van der Waals surface area contributed by atoms with Gasteiger partial charge in [-0.25, -0.2) is 12.8 Å². The molecule has 6 nitrogen and oxygen atoms in total. The van der Waals surface area contributed by atoms with Gasteiger partial charge in [-0.1, -0.05) is 6.07 Å². The van der Waals surface area contributed by atoms with E-state index in [0.29, 0.717) is 17.8 Å². The van der Waals surface area contributed by atoms with Crippen LogP contribution in [-0.4, -0.2) is 18.2 Å². The molecule has 0 atom stereocenters. The van der Waals surface area contributed by atoms with Crippen molar-refractivity contribution in [2.75, 3.05) is 4.72 Å². The van der Waals surface area contributed by atoms with E-state index in [1.165, 1.54) is 18.3 Å². The first kappa shape index (κ1) is 14.5. The fourth-order valence-electron chi connectivity index (χ4n) is 1.75. The number of hydrogen-bond acceptors (Lipinski definition) is 4. The van der Waals surface area contributed by atoms with Crippen molar-refractivity contribution in [1.29, 1.82) is 0 Å². The number of sulfonamides is 1. The summed E-state index contributed by atoms with van der Waals surface area (Å²) in [5.74, 6) is -0.633. The number of hydrogen-bond donors (Lipinski definition) is 2. The lowest BCUT2D eigenvalue weighted by molar-refractivity contribution is 0.593. The second-order valence-corrected chi connectivity index (χ2v) is 5.80. The molecule has 0 fully saturated rings. The van der Waals surface area contributed by atoms with E-state index in [1.807, 2.05) is 6.92 Å². The third kappa shape index (κ3) is 2.97. The number of aryl methyl sites for hydroxylation is 1. The van der Waals surface area contributed by atoms with E-state index in [4.69, 9.17) is 5.73 Å². The highest BCUT2D eigenvalue weighted by molar-refractivity contribution is 7.92. The number of rotatable bonds is 5. The monoisotopic (exact) mass is 298 g/mol. The molecule has 0 radical (unpaired) electrons. The molecule has 0 aliphatic carbocycles. The number of nitrogens with one attached hydrogen (secondary N) is 1. The molecule has 0 aliphatic heterocycles. The summed E-state index contributed by atoms with van der Waals surface area (Å²) in [6.45, 7) is 2.50. The summed E-state index contributed by atoms with van der Waals surface area (Å²) < 4.78 is 41.7. The Kier molecular flexibility index (Phi) is 4.05. The first-order chi connectivity index (χ1) is 9.46. The second kappa shape index (κ2) is 5.59. The third-order valence-corrected chi connectivity index (χ3v) is 4.21. The van der Waals surface area contributed by atoms with E-state index in [9.17, 15) is 12.8 Å². The fourth-order valence-corrected chi connectivity index (χ4v) is 3.04. The predicted molar refractivity (Wildman–Crippen MR) is 73.0 cm³/mol. The number of aromatic nitrogens is 2. The molecule has 2 aromatic rings. The quantitative estimate of drug-likeness (QED) is 0.870. The Labute approximate surface area is 116 Å². The van der Waals surface area contributed by atoms with Crippen LogP contribution in [0, 0.1) is 5.82 Å². The molecule has 20 heavy (non-hydrogen) atoms. The maximum absolute atomic E-state index is 13.3. The Balaban J connectivity index is 2.37. The molecule has 1 aromatic carbocycles. The highest BCUT2D eigenvalue weighted by atomic mass is 32.2. The van der Waals surface area contributed by atoms with Gasteiger partial charge in [-0.15, -0.1) is 0 Å². The molecule has 0 spiro atoms. The number of benzene rings is 1. The lowest BCUT2D eigenvalue weighted by Gasteiger charge is -2.10. The molecule has 0 bridgehead atoms. The van der Waals surface area contributed by atoms with Crippen molar-refractivity contribution in [3.63, 3.8) is 0 Å². The molecule has 0 aliphatic rings. The fraction of sp³-hybridized carbons (Fsp3) is 0.250. The van der Waals surface area contributed by atoms with Crippen LogP contribution in [0.25, 0.3) is 0 Å². The summed E-state index contributed by atoms with van der Waals surface area (Å²) in [5.41, 5.74) is 6.15. The summed E-state index contributed by atoms with van der Waals surface area (Å²) in [7, 11) is -3.90. The van der Waals surface area contributed by atoms with E-state index in [0.717, 1.165) is 6.07 Å². The van der Waals surface area contributed by atoms with Crippen molar-refractivity contribution in [2.45, 2.75) is 24.9 Å². The number of nitrogens with two attached hydrogens (primary N) is 1. The van der Waals surface area contributed by atoms with Crippen LogP contribution in [-0.2, 0) is 23.1 Å². The Morgan fingerprint density at radius 1 is 1.45 bits per heavy atom. The van der Waals surface area contributed by atoms with Crippen molar-refractivity contribution in [1.82, 2.24) is 9.78 Å². The average Bonchev–Trinajstić information content (AvgIpc) is 2.85. The highest BCUT2D eigenvalue weighted by Crippen LogP contribution is 2.20. The molecule has 0 unspecified atom stereocenters. The van der Waals surface area contributed by atoms with Gasteiger partial charge >= 0.3 is 0 Å². The average molecular weight is 298 g/mol. The second-order valence-electron chi connectivity index (χ2n) is 4.15. The number of halogens is 1. The van der Waals surface area contributed by atoms with Crippen LogP contribution < -0.4 is 10.5 Å². The molecule has 1 heterocycles. The smallest absolute Gasteiger partial charge is 0.262 e. The highest BCUT2D eigenvalue weighted by Gasteiger charge is 2.19. The van der Waals surface area contributed by atoms with E-state index in [2.05, 4.69) is 9.82 Å². The molecule has 2 rings (SSSR count). The molecule has 108 valence electrons. The van der Waals surface area contributed by atoms with Crippen LogP contribution in [0.2, 0.25) is 0 Å². The minimum absolute atomic E-state index is 0.00471. The van der Waals surface area contributed by atoms with E-state index in [-0.39, 0.29) is 11.4 Å². The standard InChI is InChI=1S/C12H15FN4O2S/c1-2-17-8-11(7-15-17)16-20(18,19)12-5-10(13)4-3-9(12)6-14/h3-5,7-8,16H,2,6,14H2,1H3. The third-order valence-electron chi connectivity index (χ3n) is 2.75. The van der Waals surface area contributed by atoms with Crippen LogP contribution in [0.3, 0.4) is 0 Å². The zero-order valence-corrected chi connectivity index (χ0v) is 11.7. The van der Waals surface area contributed by atoms with Crippen molar-refractivity contribution in [3.8, 4) is 0 Å². The summed E-state index contributed by atoms with van der Waals surface area (Å²) in [5, 5.41) is 3.96. The van der Waals surface area contributed by atoms with E-state index in [1.54, 1.807) is 10.9 Å². The van der Waals surface area contributed by atoms with Gasteiger partial charge < -0.3 is 5.73 Å². The van der Waals surface area contributed by atoms with Gasteiger partial charge in [-0.2, -0.15) is 5.10 Å². The van der Waals surface area contributed by atoms with Crippen molar-refractivity contribution in [3.05, 3.63) is 42.0 Å². The van der Waals surface area contributed by atoms with Gasteiger partial charge in [0.2, 0.25) is 0 Å². The van der Waals surface area contributed by atoms with Crippen LogP contribution >= 0.6 is 0 Å². The molecule has 0 saturated heterocycles. The lowest BCUT2D eigenvalue weighted by atomic mass is 10.2. The Morgan fingerprint density at radius 3 is 2.80 bits per heavy atom. The van der Waals surface area contributed by atoms with Gasteiger partial charge in [-0.3, -0.25) is 9.40 Å². The van der Waals surface area contributed by atoms with E-state index < -0.39 is 15.8 Å². The van der Waals surface area contributed by atoms with Gasteiger partial charge in [0.1, 0.15) is 5.82 Å². The largest absolute Gasteiger partial charge is 0.326 e. The zero-order valence-electron chi connectivity index (χ0n) is 10.9. The maximum atomic E-state index is 13.3. The van der Waals surface area contributed by atoms with Crippen LogP contribution in [0.1, 0.15) is 12.5 Å². The minimum Gasteiger partial charge on any atom is -0.326 e. The molecule has 3 N–H and O–H groups in total. The van der Waals surface area contributed by atoms with Gasteiger partial charge in [0.15, 0.2) is 0 Å². The van der Waals surface area contributed by atoms with Gasteiger partial charge in [0, 0.05) is 19.3 Å². The Bertz CT molecular complexity index is 712. The molecular formula is C12H15FN4O2S. The molecule has 8 heteroatoms. The van der Waals surface area contributed by atoms with Crippen LogP contribution in [0.15, 0.2) is 35.5 Å². The lowest BCUT2D eigenvalue weighted by Crippen LogP contribution is -2.16. The van der Waals surface area contributed by atoms with Crippen LogP contribution in [0.5, 0.6) is 0 Å². The van der Waals surface area contributed by atoms with Gasteiger partial charge in [0.05, 0.1) is 16.8 Å². The first-order valence-corrected chi connectivity index (χ1v) is 7.48. The SMILES string of the molecule is CCn1cc(NS(=O)(=O)c2cc(F)ccc2CN)cn1. The van der Waals surface area contributed by atoms with Crippen LogP contribution in [0.4, 0.5) is 10.1 Å². The summed E-state index contributed by atoms with van der Waals surface area (Å²) in [4.78, 5) is -0.163. The first-order valence-electron chi connectivity index (χ1n) is 6.00. The molecule has 1 aromatic heterocycles. The summed E-state index contributed by atoms with van der Waals surface area (Å²) in [6, 6.07) is 3.49. The van der Waals surface area contributed by atoms with Crippen molar-refractivity contribution in [2.24, 2.45) is 5.73 Å². The normalized spacial score (nSPS) is 11.6. The van der Waals surface area contributed by atoms with Gasteiger partial charge in [-0.05, 0) is 24.6 Å². The van der Waals surface area contributed by atoms with E-state index >= 15 is 0 Å². The Hall–Kier alpha value is -1.93. The summed E-state index contributed by atoms with van der Waals surface area (Å²) >= 11 is 0. The Morgan fingerprint density at radius 2 is 2.20 bits per heavy atom. The predicted octanol–water partition coefficient (Wildman–Crippen LogP) is 1.30. The van der Waals surface area contributed by atoms with Crippen molar-refractivity contribution >= 4 is 15.7 Å². The topological polar surface area (TPSA) is 90.0 Å². The maximum Gasteiger partial charge on any atom is 0.262 e. The summed E-state index contributed by atoms with van der Waals surface area (Å²) in [6.07, 6.45) is 2.95. The number of anilines is 1. The molecule has 0 saturated carbocycles. The molecule has 0 amide bonds. The van der Waals surface area contributed by atoms with Crippen molar-refractivity contribution < 1.29 is 12.8 Å². The molecular weight excluding hydrogens is 283 g/mol. The van der Waals surface area contributed by atoms with Gasteiger partial charge in [0.25, 0.3) is 10.0 Å².